The summed E-state index contributed by atoms with van der Waals surface area (Å²) in [4.78, 5) is 12.1. The van der Waals surface area contributed by atoms with Crippen LogP contribution in [0.3, 0.4) is 0 Å². The monoisotopic (exact) mass is 249 g/mol. The minimum atomic E-state index is -0.0277. The summed E-state index contributed by atoms with van der Waals surface area (Å²) in [7, 11) is 2.03. The van der Waals surface area contributed by atoms with E-state index in [1.54, 1.807) is 0 Å². The summed E-state index contributed by atoms with van der Waals surface area (Å²) in [5, 5.41) is 6.34. The quantitative estimate of drug-likeness (QED) is 0.849. The third-order valence-corrected chi connectivity index (χ3v) is 3.97. The topological polar surface area (TPSA) is 46.1 Å². The van der Waals surface area contributed by atoms with E-state index in [1.807, 2.05) is 7.05 Å². The van der Waals surface area contributed by atoms with Crippen molar-refractivity contribution in [1.29, 1.82) is 0 Å². The lowest BCUT2D eigenvalue weighted by atomic mass is 9.92. The molecule has 2 unspecified atom stereocenters. The van der Waals surface area contributed by atoms with Gasteiger partial charge >= 0.3 is 0 Å². The SMILES string of the molecule is Cc1ccc(CNC(=O)C2NCCCC2C)n1C. The lowest BCUT2D eigenvalue weighted by Crippen LogP contribution is -2.50. The molecule has 2 atom stereocenters. The van der Waals surface area contributed by atoms with E-state index in [-0.39, 0.29) is 11.9 Å². The number of nitrogens with zero attached hydrogens (tertiary/aromatic N) is 1. The van der Waals surface area contributed by atoms with Crippen LogP contribution in [-0.4, -0.2) is 23.1 Å². The summed E-state index contributed by atoms with van der Waals surface area (Å²) in [5.74, 6) is 0.551. The standard InChI is InChI=1S/C14H23N3O/c1-10-5-4-8-15-13(10)14(18)16-9-12-7-6-11(2)17(12)3/h6-7,10,13,15H,4-5,8-9H2,1-3H3,(H,16,18). The molecular weight excluding hydrogens is 226 g/mol. The highest BCUT2D eigenvalue weighted by molar-refractivity contribution is 5.82. The Hall–Kier alpha value is -1.29. The van der Waals surface area contributed by atoms with Crippen molar-refractivity contribution in [3.8, 4) is 0 Å². The first kappa shape index (κ1) is 13.1. The van der Waals surface area contributed by atoms with Crippen LogP contribution < -0.4 is 10.6 Å². The van der Waals surface area contributed by atoms with Crippen LogP contribution in [0, 0.1) is 12.8 Å². The molecule has 2 N–H and O–H groups in total. The summed E-state index contributed by atoms with van der Waals surface area (Å²) in [6.07, 6.45) is 2.30. The molecule has 100 valence electrons. The van der Waals surface area contributed by atoms with Gasteiger partial charge in [-0.3, -0.25) is 4.79 Å². The highest BCUT2D eigenvalue weighted by Gasteiger charge is 2.26. The van der Waals surface area contributed by atoms with Gasteiger partial charge in [0, 0.05) is 18.4 Å². The van der Waals surface area contributed by atoms with Crippen molar-refractivity contribution in [1.82, 2.24) is 15.2 Å². The highest BCUT2D eigenvalue weighted by Crippen LogP contribution is 2.15. The molecule has 1 fully saturated rings. The Morgan fingerprint density at radius 3 is 2.94 bits per heavy atom. The minimum Gasteiger partial charge on any atom is -0.350 e. The zero-order chi connectivity index (χ0) is 13.1. The zero-order valence-corrected chi connectivity index (χ0v) is 11.5. The average Bonchev–Trinajstić information content (AvgIpc) is 2.68. The lowest BCUT2D eigenvalue weighted by Gasteiger charge is -2.28. The van der Waals surface area contributed by atoms with Gasteiger partial charge in [-0.25, -0.2) is 0 Å². The van der Waals surface area contributed by atoms with Crippen LogP contribution in [0.4, 0.5) is 0 Å². The number of piperidine rings is 1. The Morgan fingerprint density at radius 1 is 1.56 bits per heavy atom. The Bertz CT molecular complexity index is 425. The van der Waals surface area contributed by atoms with Crippen LogP contribution in [0.1, 0.15) is 31.2 Å². The third kappa shape index (κ3) is 2.75. The van der Waals surface area contributed by atoms with Crippen molar-refractivity contribution in [3.63, 3.8) is 0 Å². The number of aryl methyl sites for hydroxylation is 1. The number of nitrogens with one attached hydrogen (secondary N) is 2. The first-order valence-electron chi connectivity index (χ1n) is 6.72. The summed E-state index contributed by atoms with van der Waals surface area (Å²) in [6, 6.07) is 4.11. The molecule has 1 saturated heterocycles. The summed E-state index contributed by atoms with van der Waals surface area (Å²) in [5.41, 5.74) is 2.35. The van der Waals surface area contributed by atoms with Crippen molar-refractivity contribution in [2.45, 2.75) is 39.3 Å². The summed E-state index contributed by atoms with van der Waals surface area (Å²) < 4.78 is 2.11. The second-order valence-electron chi connectivity index (χ2n) is 5.29. The van der Waals surface area contributed by atoms with Gasteiger partial charge in [0.05, 0.1) is 12.6 Å². The lowest BCUT2D eigenvalue weighted by molar-refractivity contribution is -0.125. The Labute approximate surface area is 109 Å². The maximum Gasteiger partial charge on any atom is 0.237 e. The molecule has 2 rings (SSSR count). The van der Waals surface area contributed by atoms with Crippen LogP contribution in [-0.2, 0) is 18.4 Å². The van der Waals surface area contributed by atoms with E-state index in [4.69, 9.17) is 0 Å². The van der Waals surface area contributed by atoms with Crippen molar-refractivity contribution < 1.29 is 4.79 Å². The first-order valence-corrected chi connectivity index (χ1v) is 6.72. The van der Waals surface area contributed by atoms with Crippen LogP contribution >= 0.6 is 0 Å². The first-order chi connectivity index (χ1) is 8.59. The van der Waals surface area contributed by atoms with Crippen molar-refractivity contribution in [2.24, 2.45) is 13.0 Å². The molecule has 18 heavy (non-hydrogen) atoms. The Kier molecular flexibility index (Phi) is 4.07. The largest absolute Gasteiger partial charge is 0.350 e. The fourth-order valence-corrected chi connectivity index (χ4v) is 2.53. The molecule has 2 heterocycles. The fourth-order valence-electron chi connectivity index (χ4n) is 2.53. The van der Waals surface area contributed by atoms with E-state index >= 15 is 0 Å². The molecule has 0 spiro atoms. The van der Waals surface area contributed by atoms with Gasteiger partial charge in [-0.2, -0.15) is 0 Å². The van der Waals surface area contributed by atoms with Crippen LogP contribution in [0.5, 0.6) is 0 Å². The molecule has 0 aliphatic carbocycles. The van der Waals surface area contributed by atoms with Crippen molar-refractivity contribution in [3.05, 3.63) is 23.5 Å². The predicted molar refractivity (Wildman–Crippen MR) is 72.2 cm³/mol. The average molecular weight is 249 g/mol. The van der Waals surface area contributed by atoms with Gasteiger partial charge in [0.15, 0.2) is 0 Å². The molecule has 1 aliphatic rings. The van der Waals surface area contributed by atoms with Gasteiger partial charge in [-0.15, -0.1) is 0 Å². The molecule has 1 aromatic heterocycles. The van der Waals surface area contributed by atoms with Crippen LogP contribution in [0.25, 0.3) is 0 Å². The number of rotatable bonds is 3. The minimum absolute atomic E-state index is 0.0277. The van der Waals surface area contributed by atoms with Gasteiger partial charge in [-0.05, 0) is 44.4 Å². The molecule has 1 aromatic rings. The number of amides is 1. The van der Waals surface area contributed by atoms with Crippen molar-refractivity contribution >= 4 is 5.91 Å². The zero-order valence-electron chi connectivity index (χ0n) is 11.5. The van der Waals surface area contributed by atoms with E-state index in [9.17, 15) is 4.79 Å². The number of carbonyl (C=O) groups excluding carboxylic acids is 1. The van der Waals surface area contributed by atoms with E-state index < -0.39 is 0 Å². The predicted octanol–water partition coefficient (Wildman–Crippen LogP) is 1.34. The van der Waals surface area contributed by atoms with Gasteiger partial charge < -0.3 is 15.2 Å². The Balaban J connectivity index is 1.90. The molecule has 0 bridgehead atoms. The molecule has 0 radical (unpaired) electrons. The van der Waals surface area contributed by atoms with Crippen LogP contribution in [0.2, 0.25) is 0 Å². The number of aromatic nitrogens is 1. The van der Waals surface area contributed by atoms with Gasteiger partial charge in [0.2, 0.25) is 5.91 Å². The molecular formula is C14H23N3O. The number of hydrogen-bond acceptors (Lipinski definition) is 2. The summed E-state index contributed by atoms with van der Waals surface area (Å²) in [6.45, 7) is 5.76. The van der Waals surface area contributed by atoms with E-state index in [0.717, 1.165) is 18.7 Å². The van der Waals surface area contributed by atoms with Gasteiger partial charge in [0.1, 0.15) is 0 Å². The number of carbonyl (C=O) groups is 1. The maximum atomic E-state index is 12.1. The molecule has 0 aromatic carbocycles. The van der Waals surface area contributed by atoms with Gasteiger partial charge in [-0.1, -0.05) is 6.92 Å². The van der Waals surface area contributed by atoms with E-state index in [0.29, 0.717) is 12.5 Å². The fraction of sp³-hybridized carbons (Fsp3) is 0.643. The van der Waals surface area contributed by atoms with Crippen molar-refractivity contribution in [2.75, 3.05) is 6.54 Å². The highest BCUT2D eigenvalue weighted by atomic mass is 16.2. The molecule has 1 amide bonds. The van der Waals surface area contributed by atoms with Crippen LogP contribution in [0.15, 0.2) is 12.1 Å². The van der Waals surface area contributed by atoms with Gasteiger partial charge in [0.25, 0.3) is 0 Å². The summed E-state index contributed by atoms with van der Waals surface area (Å²) >= 11 is 0. The Morgan fingerprint density at radius 2 is 2.33 bits per heavy atom. The maximum absolute atomic E-state index is 12.1. The molecule has 4 nitrogen and oxygen atoms in total. The molecule has 4 heteroatoms. The van der Waals surface area contributed by atoms with E-state index in [2.05, 4.69) is 41.2 Å². The normalized spacial score (nSPS) is 23.9. The molecule has 0 saturated carbocycles. The molecule has 1 aliphatic heterocycles. The number of hydrogen-bond donors (Lipinski definition) is 2. The smallest absolute Gasteiger partial charge is 0.237 e. The third-order valence-electron chi connectivity index (χ3n) is 3.97. The second kappa shape index (κ2) is 5.57. The van der Waals surface area contributed by atoms with E-state index in [1.165, 1.54) is 12.1 Å². The second-order valence-corrected chi connectivity index (χ2v) is 5.29.